The van der Waals surface area contributed by atoms with Gasteiger partial charge in [-0.1, -0.05) is 204 Å². The molecule has 261 valence electrons. The van der Waals surface area contributed by atoms with Gasteiger partial charge in [-0.15, -0.1) is 11.4 Å². The third-order valence-corrected chi connectivity index (χ3v) is 14.0. The Bertz CT molecular complexity index is 1910. The summed E-state index contributed by atoms with van der Waals surface area (Å²) in [6.07, 6.45) is 4.00. The third-order valence-electron chi connectivity index (χ3n) is 10.4. The summed E-state index contributed by atoms with van der Waals surface area (Å²) in [6, 6.07) is 39.7. The standard InChI is InChI=1S/C31H38BN.C14H14NSi.Ag/c1-20(2)24-13-11-14-25(21(3)4)30(24)32-19-33(29-18-10-9-17-28(29)32)31-26(22(5)6)15-12-16-27(31)23(7)8;1-16(2)13-9-5-3-7-11(13)15-12-8-4-6-10-14(12)16;/h9-18,20-23H,1-8H3;3-10H,1-2H3;/q;-1;. The summed E-state index contributed by atoms with van der Waals surface area (Å²) in [4.78, 5) is 0. The van der Waals surface area contributed by atoms with Gasteiger partial charge in [0, 0.05) is 22.4 Å². The average Bonchev–Trinajstić information content (AvgIpc) is 3.47. The van der Waals surface area contributed by atoms with Crippen molar-refractivity contribution in [3.05, 3.63) is 137 Å². The monoisotopic (exact) mass is 766 g/mol. The van der Waals surface area contributed by atoms with Crippen LogP contribution < -0.4 is 25.9 Å². The minimum atomic E-state index is -1.53. The summed E-state index contributed by atoms with van der Waals surface area (Å²) in [5.41, 5.74) is 13.4. The van der Waals surface area contributed by atoms with Gasteiger partial charge < -0.3 is 9.89 Å². The summed E-state index contributed by atoms with van der Waals surface area (Å²) in [5, 5.41) is 7.64. The molecule has 0 fully saturated rings. The Morgan fingerprint density at radius 3 is 1.44 bits per heavy atom. The second kappa shape index (κ2) is 15.5. The van der Waals surface area contributed by atoms with E-state index in [0.29, 0.717) is 23.7 Å². The fourth-order valence-corrected chi connectivity index (χ4v) is 10.7. The van der Waals surface area contributed by atoms with Crippen molar-refractivity contribution in [2.24, 2.45) is 0 Å². The van der Waals surface area contributed by atoms with E-state index in [-0.39, 0.29) is 29.1 Å². The number of nitrogens with zero attached hydrogens (tertiary/aromatic N) is 2. The first-order valence-corrected chi connectivity index (χ1v) is 21.2. The van der Waals surface area contributed by atoms with Crippen LogP contribution in [-0.2, 0) is 22.4 Å². The number of benzene rings is 5. The minimum Gasteiger partial charge on any atom is -0.658 e. The Kier molecular flexibility index (Phi) is 11.7. The smallest absolute Gasteiger partial charge is 0.238 e. The van der Waals surface area contributed by atoms with Crippen molar-refractivity contribution in [1.82, 2.24) is 4.58 Å². The van der Waals surface area contributed by atoms with Crippen molar-refractivity contribution in [1.29, 1.82) is 0 Å². The average molecular weight is 768 g/mol. The Morgan fingerprint density at radius 2 is 0.960 bits per heavy atom. The topological polar surface area (TPSA) is 17.1 Å². The molecule has 7 rings (SSSR count). The first-order chi connectivity index (χ1) is 23.4. The molecule has 0 aliphatic carbocycles. The second-order valence-electron chi connectivity index (χ2n) is 15.5. The van der Waals surface area contributed by atoms with E-state index in [1.165, 1.54) is 54.9 Å². The first-order valence-electron chi connectivity index (χ1n) is 18.2. The zero-order valence-electron chi connectivity index (χ0n) is 31.5. The van der Waals surface area contributed by atoms with E-state index in [0.717, 1.165) is 11.4 Å². The Balaban J connectivity index is 0.000000238. The van der Waals surface area contributed by atoms with Crippen molar-refractivity contribution < 1.29 is 22.4 Å². The molecule has 0 saturated heterocycles. The van der Waals surface area contributed by atoms with E-state index in [9.17, 15) is 0 Å². The van der Waals surface area contributed by atoms with Crippen LogP contribution in [0.2, 0.25) is 13.1 Å². The molecule has 2 heterocycles. The Hall–Kier alpha value is -3.41. The van der Waals surface area contributed by atoms with Gasteiger partial charge >= 0.3 is 0 Å². The maximum absolute atomic E-state index is 4.74. The largest absolute Gasteiger partial charge is 0.658 e. The molecule has 1 radical (unpaired) electrons. The van der Waals surface area contributed by atoms with E-state index in [1.54, 1.807) is 0 Å². The molecule has 5 aromatic rings. The number of para-hydroxylation sites is 4. The van der Waals surface area contributed by atoms with Crippen molar-refractivity contribution in [2.45, 2.75) is 92.2 Å². The zero-order chi connectivity index (χ0) is 35.0. The molecular weight excluding hydrogens is 715 g/mol. The van der Waals surface area contributed by atoms with Crippen molar-refractivity contribution in [2.75, 3.05) is 0 Å². The van der Waals surface area contributed by atoms with Gasteiger partial charge in [0.25, 0.3) is 0 Å². The predicted octanol–water partition coefficient (Wildman–Crippen LogP) is 10.3. The van der Waals surface area contributed by atoms with Crippen LogP contribution in [0.15, 0.2) is 109 Å². The molecule has 0 saturated carbocycles. The summed E-state index contributed by atoms with van der Waals surface area (Å²) < 4.78 is 2.39. The van der Waals surface area contributed by atoms with Gasteiger partial charge in [0.2, 0.25) is 6.71 Å². The van der Waals surface area contributed by atoms with E-state index in [2.05, 4.69) is 188 Å². The summed E-state index contributed by atoms with van der Waals surface area (Å²) in [6.45, 7) is 23.4. The molecule has 0 unspecified atom stereocenters. The van der Waals surface area contributed by atoms with E-state index in [1.807, 2.05) is 0 Å². The Labute approximate surface area is 319 Å². The van der Waals surface area contributed by atoms with Gasteiger partial charge in [0.15, 0.2) is 0 Å². The molecular formula is C45H52AgBN2Si-. The van der Waals surface area contributed by atoms with Crippen molar-refractivity contribution in [3.8, 4) is 0 Å². The number of hydrogen-bond donors (Lipinski definition) is 0. The fourth-order valence-electron chi connectivity index (χ4n) is 7.79. The molecule has 0 amide bonds. The van der Waals surface area contributed by atoms with Crippen LogP contribution in [0.5, 0.6) is 0 Å². The maximum atomic E-state index is 4.74. The minimum absolute atomic E-state index is 0. The SMILES string of the molecule is CC(C)c1cccc(C(C)C)c1B1[C-]=[N+](c2c(C(C)C)cccc2C(C)C)c2ccccc21.C[Si]1(C)c2ccccc2[N-]c2ccccc21.[Ag]. The molecule has 0 aromatic heterocycles. The number of fused-ring (bicyclic) bond motifs is 3. The van der Waals surface area contributed by atoms with Gasteiger partial charge in [-0.25, -0.2) is 0 Å². The van der Waals surface area contributed by atoms with Crippen LogP contribution in [0.4, 0.5) is 22.7 Å². The summed E-state index contributed by atoms with van der Waals surface area (Å²) >= 11 is 0. The van der Waals surface area contributed by atoms with Gasteiger partial charge in [-0.2, -0.15) is 0 Å². The molecule has 2 nitrogen and oxygen atoms in total. The molecule has 2 aliphatic heterocycles. The number of rotatable bonds is 6. The quantitative estimate of drug-likeness (QED) is 0.0930. The molecule has 0 N–H and O–H groups in total. The number of hydrogen-bond acceptors (Lipinski definition) is 0. The summed E-state index contributed by atoms with van der Waals surface area (Å²) in [7, 11) is -1.53. The molecule has 50 heavy (non-hydrogen) atoms. The maximum Gasteiger partial charge on any atom is 0.238 e. The van der Waals surface area contributed by atoms with Crippen LogP contribution in [-0.4, -0.2) is 20.9 Å². The van der Waals surface area contributed by atoms with E-state index in [4.69, 9.17) is 5.32 Å². The van der Waals surface area contributed by atoms with Crippen LogP contribution in [0, 0.1) is 0 Å². The van der Waals surface area contributed by atoms with Crippen molar-refractivity contribution >= 4 is 64.9 Å². The summed E-state index contributed by atoms with van der Waals surface area (Å²) in [5.74, 6) is 1.83. The van der Waals surface area contributed by atoms with Gasteiger partial charge in [-0.05, 0) is 40.9 Å². The molecule has 5 heteroatoms. The molecule has 0 spiro atoms. The van der Waals surface area contributed by atoms with Crippen molar-refractivity contribution in [3.63, 3.8) is 0 Å². The van der Waals surface area contributed by atoms with Gasteiger partial charge in [0.1, 0.15) is 13.8 Å². The second-order valence-corrected chi connectivity index (χ2v) is 19.8. The van der Waals surface area contributed by atoms with Gasteiger partial charge in [-0.3, -0.25) is 0 Å². The van der Waals surface area contributed by atoms with E-state index >= 15 is 0 Å². The Morgan fingerprint density at radius 1 is 0.540 bits per heavy atom. The van der Waals surface area contributed by atoms with Gasteiger partial charge in [0.05, 0.1) is 11.8 Å². The molecule has 0 atom stereocenters. The first kappa shape index (κ1) is 37.8. The third kappa shape index (κ3) is 7.06. The van der Waals surface area contributed by atoms with Crippen LogP contribution >= 0.6 is 0 Å². The van der Waals surface area contributed by atoms with Crippen LogP contribution in [0.3, 0.4) is 0 Å². The van der Waals surface area contributed by atoms with Crippen LogP contribution in [0.1, 0.15) is 101 Å². The van der Waals surface area contributed by atoms with Crippen LogP contribution in [0.25, 0.3) is 5.32 Å². The normalized spacial score (nSPS) is 14.0. The molecule has 5 aromatic carbocycles. The predicted molar refractivity (Wildman–Crippen MR) is 219 cm³/mol. The molecule has 0 bridgehead atoms. The van der Waals surface area contributed by atoms with E-state index < -0.39 is 8.07 Å². The fraction of sp³-hybridized carbons (Fsp3) is 0.311. The molecule has 2 aliphatic rings. The zero-order valence-corrected chi connectivity index (χ0v) is 34.0.